The first-order valence-electron chi connectivity index (χ1n) is 2.97. The first kappa shape index (κ1) is 7.46. The van der Waals surface area contributed by atoms with Crippen LogP contribution in [0.1, 0.15) is 5.69 Å². The molecule has 58 valence electrons. The molecule has 2 N–H and O–H groups in total. The number of amides is 1. The molecule has 1 heterocycles. The van der Waals surface area contributed by atoms with Gasteiger partial charge in [-0.25, -0.2) is 14.8 Å². The van der Waals surface area contributed by atoms with Crippen LogP contribution in [0.4, 0.5) is 10.6 Å². The minimum Gasteiger partial charge on any atom is -0.465 e. The maximum atomic E-state index is 10.1. The Balaban J connectivity index is 2.79. The van der Waals surface area contributed by atoms with E-state index in [0.29, 0.717) is 5.82 Å². The summed E-state index contributed by atoms with van der Waals surface area (Å²) >= 11 is 0. The van der Waals surface area contributed by atoms with E-state index in [9.17, 15) is 4.79 Å². The molecule has 0 bridgehead atoms. The highest BCUT2D eigenvalue weighted by Gasteiger charge is 1.97. The molecule has 0 aliphatic heterocycles. The van der Waals surface area contributed by atoms with Crippen molar-refractivity contribution in [2.45, 2.75) is 6.92 Å². The third kappa shape index (κ3) is 2.21. The molecular weight excluding hydrogens is 146 g/mol. The van der Waals surface area contributed by atoms with Gasteiger partial charge in [0.15, 0.2) is 0 Å². The summed E-state index contributed by atoms with van der Waals surface area (Å²) in [7, 11) is 0. The van der Waals surface area contributed by atoms with E-state index in [2.05, 4.69) is 15.3 Å². The molecule has 1 aromatic heterocycles. The molecule has 0 spiro atoms. The molecule has 0 aliphatic rings. The number of carbonyl (C=O) groups is 1. The summed E-state index contributed by atoms with van der Waals surface area (Å²) in [6.07, 6.45) is 0.184. The largest absolute Gasteiger partial charge is 0.465 e. The van der Waals surface area contributed by atoms with Gasteiger partial charge in [0.25, 0.3) is 0 Å². The van der Waals surface area contributed by atoms with Gasteiger partial charge in [0, 0.05) is 11.8 Å². The molecule has 0 radical (unpaired) electrons. The Kier molecular flexibility index (Phi) is 2.00. The Morgan fingerprint density at radius 1 is 1.64 bits per heavy atom. The van der Waals surface area contributed by atoms with Gasteiger partial charge in [-0.15, -0.1) is 0 Å². The number of aryl methyl sites for hydroxylation is 1. The van der Waals surface area contributed by atoms with Gasteiger partial charge >= 0.3 is 6.09 Å². The smallest absolute Gasteiger partial charge is 0.410 e. The lowest BCUT2D eigenvalue weighted by Gasteiger charge is -1.97. The monoisotopic (exact) mass is 153 g/mol. The van der Waals surface area contributed by atoms with Crippen LogP contribution in [0.3, 0.4) is 0 Å². The Labute approximate surface area is 63.1 Å². The molecule has 0 unspecified atom stereocenters. The predicted octanol–water partition coefficient (Wildman–Crippen LogP) is 0.875. The molecule has 11 heavy (non-hydrogen) atoms. The molecule has 1 rings (SSSR count). The normalized spacial score (nSPS) is 9.18. The number of rotatable bonds is 1. The van der Waals surface area contributed by atoms with Crippen LogP contribution in [0.2, 0.25) is 0 Å². The minimum absolute atomic E-state index is 0.296. The van der Waals surface area contributed by atoms with Gasteiger partial charge in [-0.1, -0.05) is 0 Å². The molecule has 1 aromatic rings. The second-order valence-electron chi connectivity index (χ2n) is 1.97. The van der Waals surface area contributed by atoms with E-state index in [1.54, 1.807) is 13.0 Å². The van der Waals surface area contributed by atoms with Crippen molar-refractivity contribution in [3.63, 3.8) is 0 Å². The van der Waals surface area contributed by atoms with Gasteiger partial charge in [0.1, 0.15) is 12.1 Å². The van der Waals surface area contributed by atoms with Crippen molar-refractivity contribution in [1.29, 1.82) is 0 Å². The van der Waals surface area contributed by atoms with Crippen LogP contribution in [0.15, 0.2) is 12.4 Å². The molecule has 0 saturated carbocycles. The standard InChI is InChI=1S/C6H7N3O2/c1-4-2-5(8-3-7-4)9-6(10)11/h2-3H,1H3,(H,10,11)(H,7,8,9). The third-order valence-corrected chi connectivity index (χ3v) is 1.04. The highest BCUT2D eigenvalue weighted by atomic mass is 16.4. The van der Waals surface area contributed by atoms with Gasteiger partial charge in [-0.3, -0.25) is 5.32 Å². The number of nitrogens with one attached hydrogen (secondary N) is 1. The van der Waals surface area contributed by atoms with Crippen molar-refractivity contribution < 1.29 is 9.90 Å². The Morgan fingerprint density at radius 3 is 2.91 bits per heavy atom. The highest BCUT2D eigenvalue weighted by molar-refractivity contribution is 5.81. The zero-order valence-corrected chi connectivity index (χ0v) is 5.90. The fraction of sp³-hybridized carbons (Fsp3) is 0.167. The first-order chi connectivity index (χ1) is 5.18. The lowest BCUT2D eigenvalue weighted by molar-refractivity contribution is 0.209. The maximum absolute atomic E-state index is 10.1. The summed E-state index contributed by atoms with van der Waals surface area (Å²) in [5.41, 5.74) is 0.726. The molecule has 0 saturated heterocycles. The molecule has 5 heteroatoms. The topological polar surface area (TPSA) is 75.1 Å². The lowest BCUT2D eigenvalue weighted by Crippen LogP contribution is -2.08. The van der Waals surface area contributed by atoms with E-state index in [-0.39, 0.29) is 0 Å². The minimum atomic E-state index is -1.12. The Bertz CT molecular complexity index is 274. The SMILES string of the molecule is Cc1cc(NC(=O)O)ncn1. The van der Waals surface area contributed by atoms with Crippen LogP contribution in [-0.2, 0) is 0 Å². The fourth-order valence-corrected chi connectivity index (χ4v) is 0.632. The van der Waals surface area contributed by atoms with Crippen molar-refractivity contribution in [3.8, 4) is 0 Å². The number of carboxylic acid groups (broad SMARTS) is 1. The van der Waals surface area contributed by atoms with Crippen molar-refractivity contribution in [2.24, 2.45) is 0 Å². The van der Waals surface area contributed by atoms with Crippen LogP contribution in [-0.4, -0.2) is 21.2 Å². The zero-order chi connectivity index (χ0) is 8.27. The maximum Gasteiger partial charge on any atom is 0.410 e. The molecule has 5 nitrogen and oxygen atoms in total. The zero-order valence-electron chi connectivity index (χ0n) is 5.90. The van der Waals surface area contributed by atoms with E-state index < -0.39 is 6.09 Å². The van der Waals surface area contributed by atoms with Crippen LogP contribution >= 0.6 is 0 Å². The van der Waals surface area contributed by atoms with E-state index in [1.807, 2.05) is 0 Å². The van der Waals surface area contributed by atoms with Crippen molar-refractivity contribution in [1.82, 2.24) is 9.97 Å². The summed E-state index contributed by atoms with van der Waals surface area (Å²) in [5, 5.41) is 10.4. The lowest BCUT2D eigenvalue weighted by atomic mass is 10.4. The summed E-state index contributed by atoms with van der Waals surface area (Å²) < 4.78 is 0. The summed E-state index contributed by atoms with van der Waals surface area (Å²) in [4.78, 5) is 17.6. The number of anilines is 1. The first-order valence-corrected chi connectivity index (χ1v) is 2.97. The molecule has 0 atom stereocenters. The molecule has 0 aliphatic carbocycles. The highest BCUT2D eigenvalue weighted by Crippen LogP contribution is 2.01. The quantitative estimate of drug-likeness (QED) is 0.627. The second-order valence-corrected chi connectivity index (χ2v) is 1.97. The van der Waals surface area contributed by atoms with Gasteiger partial charge in [0.2, 0.25) is 0 Å². The number of hydrogen-bond donors (Lipinski definition) is 2. The summed E-state index contributed by atoms with van der Waals surface area (Å²) in [6, 6.07) is 1.55. The predicted molar refractivity (Wildman–Crippen MR) is 38.4 cm³/mol. The number of hydrogen-bond acceptors (Lipinski definition) is 3. The molecule has 1 amide bonds. The van der Waals surface area contributed by atoms with E-state index in [4.69, 9.17) is 5.11 Å². The summed E-state index contributed by atoms with van der Waals surface area (Å²) in [6.45, 7) is 1.76. The number of aromatic nitrogens is 2. The van der Waals surface area contributed by atoms with E-state index in [0.717, 1.165) is 5.69 Å². The number of nitrogens with zero attached hydrogens (tertiary/aromatic N) is 2. The molecule has 0 aromatic carbocycles. The second kappa shape index (κ2) is 2.96. The van der Waals surface area contributed by atoms with E-state index in [1.165, 1.54) is 6.33 Å². The van der Waals surface area contributed by atoms with Crippen molar-refractivity contribution in [2.75, 3.05) is 5.32 Å². The van der Waals surface area contributed by atoms with Crippen molar-refractivity contribution in [3.05, 3.63) is 18.1 Å². The van der Waals surface area contributed by atoms with Gasteiger partial charge in [0.05, 0.1) is 0 Å². The van der Waals surface area contributed by atoms with Crippen molar-refractivity contribution >= 4 is 11.9 Å². The fourth-order valence-electron chi connectivity index (χ4n) is 0.632. The van der Waals surface area contributed by atoms with Crippen LogP contribution in [0.25, 0.3) is 0 Å². The average Bonchev–Trinajstić information content (AvgIpc) is 1.85. The molecule has 0 fully saturated rings. The van der Waals surface area contributed by atoms with E-state index >= 15 is 0 Å². The van der Waals surface area contributed by atoms with Gasteiger partial charge < -0.3 is 5.11 Å². The van der Waals surface area contributed by atoms with Gasteiger partial charge in [-0.05, 0) is 6.92 Å². The van der Waals surface area contributed by atoms with Crippen LogP contribution < -0.4 is 5.32 Å². The summed E-state index contributed by atoms with van der Waals surface area (Å²) in [5.74, 6) is 0.296. The van der Waals surface area contributed by atoms with Crippen LogP contribution in [0, 0.1) is 6.92 Å². The van der Waals surface area contributed by atoms with Crippen LogP contribution in [0.5, 0.6) is 0 Å². The van der Waals surface area contributed by atoms with Gasteiger partial charge in [-0.2, -0.15) is 0 Å². The molecular formula is C6H7N3O2. The third-order valence-electron chi connectivity index (χ3n) is 1.04. The Morgan fingerprint density at radius 2 is 2.36 bits per heavy atom. The Hall–Kier alpha value is -1.65. The average molecular weight is 153 g/mol.